The molecule has 0 spiro atoms. The first kappa shape index (κ1) is 14.8. The van der Waals surface area contributed by atoms with E-state index in [0.717, 1.165) is 12.2 Å². The quantitative estimate of drug-likeness (QED) is 0.701. The number of thioether (sulfide) groups is 1. The van der Waals surface area contributed by atoms with E-state index in [1.165, 1.54) is 0 Å². The van der Waals surface area contributed by atoms with Gasteiger partial charge in [-0.2, -0.15) is 11.8 Å². The third-order valence-corrected chi connectivity index (χ3v) is 3.67. The predicted molar refractivity (Wildman–Crippen MR) is 68.1 cm³/mol. The number of carbonyl (C=O) groups is 1. The van der Waals surface area contributed by atoms with Crippen molar-refractivity contribution in [2.24, 2.45) is 11.7 Å². The zero-order valence-electron chi connectivity index (χ0n) is 10.3. The van der Waals surface area contributed by atoms with E-state index in [9.17, 15) is 4.79 Å². The molecule has 15 heavy (non-hydrogen) atoms. The van der Waals surface area contributed by atoms with Crippen LogP contribution in [0.2, 0.25) is 0 Å². The summed E-state index contributed by atoms with van der Waals surface area (Å²) >= 11 is 1.65. The molecule has 1 atom stereocenters. The Bertz CT molecular complexity index is 195. The minimum Gasteiger partial charge on any atom is -0.351 e. The van der Waals surface area contributed by atoms with Crippen molar-refractivity contribution in [2.75, 3.05) is 18.1 Å². The zero-order valence-corrected chi connectivity index (χ0v) is 11.1. The standard InChI is InChI=1S/C11H24N2OS/c1-5-11(3,4)13-10(14)8-15-7-9(2)6-12/h9H,5-8,12H2,1-4H3,(H,13,14). The van der Waals surface area contributed by atoms with E-state index in [4.69, 9.17) is 5.73 Å². The molecule has 0 rings (SSSR count). The van der Waals surface area contributed by atoms with E-state index in [2.05, 4.69) is 19.2 Å². The summed E-state index contributed by atoms with van der Waals surface area (Å²) in [7, 11) is 0. The lowest BCUT2D eigenvalue weighted by Gasteiger charge is -2.24. The van der Waals surface area contributed by atoms with Crippen LogP contribution in [0.5, 0.6) is 0 Å². The summed E-state index contributed by atoms with van der Waals surface area (Å²) in [4.78, 5) is 11.5. The Balaban J connectivity index is 3.67. The second-order valence-electron chi connectivity index (χ2n) is 4.64. The molecule has 0 aliphatic carbocycles. The molecular weight excluding hydrogens is 208 g/mol. The summed E-state index contributed by atoms with van der Waals surface area (Å²) in [6.07, 6.45) is 0.947. The van der Waals surface area contributed by atoms with Gasteiger partial charge in [0.1, 0.15) is 0 Å². The van der Waals surface area contributed by atoms with E-state index in [1.54, 1.807) is 11.8 Å². The number of amides is 1. The highest BCUT2D eigenvalue weighted by atomic mass is 32.2. The largest absolute Gasteiger partial charge is 0.351 e. The van der Waals surface area contributed by atoms with Gasteiger partial charge in [0.05, 0.1) is 5.75 Å². The Labute approximate surface area is 97.6 Å². The molecule has 0 aromatic rings. The van der Waals surface area contributed by atoms with Crippen LogP contribution >= 0.6 is 11.8 Å². The van der Waals surface area contributed by atoms with Crippen LogP contribution in [0.4, 0.5) is 0 Å². The van der Waals surface area contributed by atoms with Crippen LogP contribution in [0.3, 0.4) is 0 Å². The van der Waals surface area contributed by atoms with Crippen molar-refractivity contribution in [3.05, 3.63) is 0 Å². The lowest BCUT2D eigenvalue weighted by molar-refractivity contribution is -0.120. The Morgan fingerprint density at radius 1 is 1.53 bits per heavy atom. The minimum absolute atomic E-state index is 0.0862. The fourth-order valence-electron chi connectivity index (χ4n) is 0.923. The summed E-state index contributed by atoms with van der Waals surface area (Å²) in [6, 6.07) is 0. The fourth-order valence-corrected chi connectivity index (χ4v) is 1.84. The number of rotatable bonds is 7. The van der Waals surface area contributed by atoms with Gasteiger partial charge in [-0.25, -0.2) is 0 Å². The highest BCUT2D eigenvalue weighted by molar-refractivity contribution is 7.99. The number of nitrogens with one attached hydrogen (secondary N) is 1. The van der Waals surface area contributed by atoms with Crippen LogP contribution in [0.1, 0.15) is 34.1 Å². The van der Waals surface area contributed by atoms with Crippen molar-refractivity contribution in [1.29, 1.82) is 0 Å². The van der Waals surface area contributed by atoms with Gasteiger partial charge in [-0.3, -0.25) is 4.79 Å². The zero-order chi connectivity index (χ0) is 11.9. The number of hydrogen-bond donors (Lipinski definition) is 2. The summed E-state index contributed by atoms with van der Waals surface area (Å²) in [6.45, 7) is 8.94. The fraction of sp³-hybridized carbons (Fsp3) is 0.909. The molecule has 3 nitrogen and oxygen atoms in total. The molecule has 0 fully saturated rings. The van der Waals surface area contributed by atoms with Crippen LogP contribution < -0.4 is 11.1 Å². The smallest absolute Gasteiger partial charge is 0.230 e. The SMILES string of the molecule is CCC(C)(C)NC(=O)CSCC(C)CN. The van der Waals surface area contributed by atoms with E-state index < -0.39 is 0 Å². The molecule has 1 amide bonds. The molecular formula is C11H24N2OS. The second-order valence-corrected chi connectivity index (χ2v) is 5.67. The molecule has 0 radical (unpaired) electrons. The number of nitrogens with two attached hydrogens (primary N) is 1. The van der Waals surface area contributed by atoms with Crippen LogP contribution in [-0.2, 0) is 4.79 Å². The first-order valence-electron chi connectivity index (χ1n) is 5.50. The molecule has 1 unspecified atom stereocenters. The van der Waals surface area contributed by atoms with Gasteiger partial charge in [0, 0.05) is 5.54 Å². The second kappa shape index (κ2) is 7.12. The molecule has 0 bridgehead atoms. The van der Waals surface area contributed by atoms with Crippen molar-refractivity contribution < 1.29 is 4.79 Å². The Morgan fingerprint density at radius 3 is 2.60 bits per heavy atom. The van der Waals surface area contributed by atoms with Gasteiger partial charge < -0.3 is 11.1 Å². The summed E-state index contributed by atoms with van der Waals surface area (Å²) in [5, 5.41) is 3.01. The summed E-state index contributed by atoms with van der Waals surface area (Å²) < 4.78 is 0. The molecule has 4 heteroatoms. The van der Waals surface area contributed by atoms with Gasteiger partial charge in [0.15, 0.2) is 0 Å². The van der Waals surface area contributed by atoms with Crippen LogP contribution in [-0.4, -0.2) is 29.5 Å². The van der Waals surface area contributed by atoms with Gasteiger partial charge in [0.25, 0.3) is 0 Å². The van der Waals surface area contributed by atoms with Gasteiger partial charge in [-0.05, 0) is 38.5 Å². The Hall–Kier alpha value is -0.220. The van der Waals surface area contributed by atoms with Crippen molar-refractivity contribution in [3.8, 4) is 0 Å². The van der Waals surface area contributed by atoms with Crippen molar-refractivity contribution in [1.82, 2.24) is 5.32 Å². The third kappa shape index (κ3) is 7.68. The molecule has 0 aromatic heterocycles. The topological polar surface area (TPSA) is 55.1 Å². The van der Waals surface area contributed by atoms with Gasteiger partial charge in [-0.1, -0.05) is 13.8 Å². The van der Waals surface area contributed by atoms with Crippen molar-refractivity contribution >= 4 is 17.7 Å². The molecule has 0 saturated carbocycles. The highest BCUT2D eigenvalue weighted by Gasteiger charge is 2.17. The van der Waals surface area contributed by atoms with E-state index in [-0.39, 0.29) is 11.4 Å². The van der Waals surface area contributed by atoms with E-state index in [0.29, 0.717) is 18.2 Å². The molecule has 0 aliphatic rings. The maximum atomic E-state index is 11.5. The third-order valence-electron chi connectivity index (χ3n) is 2.40. The number of carbonyl (C=O) groups excluding carboxylic acids is 1. The van der Waals surface area contributed by atoms with Crippen LogP contribution in [0.25, 0.3) is 0 Å². The normalized spacial score (nSPS) is 13.7. The molecule has 0 saturated heterocycles. The van der Waals surface area contributed by atoms with Crippen molar-refractivity contribution in [2.45, 2.75) is 39.7 Å². The number of hydrogen-bond acceptors (Lipinski definition) is 3. The first-order valence-corrected chi connectivity index (χ1v) is 6.65. The maximum absolute atomic E-state index is 11.5. The first-order chi connectivity index (χ1) is 6.91. The Kier molecular flexibility index (Phi) is 7.02. The van der Waals surface area contributed by atoms with Gasteiger partial charge >= 0.3 is 0 Å². The van der Waals surface area contributed by atoms with Crippen molar-refractivity contribution in [3.63, 3.8) is 0 Å². The van der Waals surface area contributed by atoms with Gasteiger partial charge in [0.2, 0.25) is 5.91 Å². The van der Waals surface area contributed by atoms with E-state index >= 15 is 0 Å². The van der Waals surface area contributed by atoms with Gasteiger partial charge in [-0.15, -0.1) is 0 Å². The summed E-state index contributed by atoms with van der Waals surface area (Å²) in [5.41, 5.74) is 5.41. The molecule has 0 aliphatic heterocycles. The molecule has 0 aromatic carbocycles. The molecule has 90 valence electrons. The summed E-state index contributed by atoms with van der Waals surface area (Å²) in [5.74, 6) is 2.10. The Morgan fingerprint density at radius 2 is 2.13 bits per heavy atom. The predicted octanol–water partition coefficient (Wildman–Crippen LogP) is 1.62. The highest BCUT2D eigenvalue weighted by Crippen LogP contribution is 2.10. The maximum Gasteiger partial charge on any atom is 0.230 e. The average molecular weight is 232 g/mol. The van der Waals surface area contributed by atoms with E-state index in [1.807, 2.05) is 13.8 Å². The average Bonchev–Trinajstić information content (AvgIpc) is 2.16. The molecule has 0 heterocycles. The minimum atomic E-state index is -0.0862. The lowest BCUT2D eigenvalue weighted by Crippen LogP contribution is -2.43. The van der Waals surface area contributed by atoms with Crippen LogP contribution in [0.15, 0.2) is 0 Å². The lowest BCUT2D eigenvalue weighted by atomic mass is 10.0. The molecule has 3 N–H and O–H groups in total. The van der Waals surface area contributed by atoms with Crippen LogP contribution in [0, 0.1) is 5.92 Å². The monoisotopic (exact) mass is 232 g/mol.